The molecule has 1 aromatic heterocycles. The van der Waals surface area contributed by atoms with E-state index in [1.807, 2.05) is 0 Å². The molecule has 3 amide bonds. The lowest BCUT2D eigenvalue weighted by atomic mass is 10.1. The summed E-state index contributed by atoms with van der Waals surface area (Å²) >= 11 is 0. The van der Waals surface area contributed by atoms with Gasteiger partial charge in [-0.2, -0.15) is 0 Å². The van der Waals surface area contributed by atoms with Gasteiger partial charge in [0.2, 0.25) is 5.88 Å². The van der Waals surface area contributed by atoms with Gasteiger partial charge in [0.15, 0.2) is 5.82 Å². The molecule has 0 spiro atoms. The van der Waals surface area contributed by atoms with Gasteiger partial charge in [-0.15, -0.1) is 0 Å². The Kier molecular flexibility index (Phi) is 6.98. The molecule has 2 bridgehead atoms. The quantitative estimate of drug-likeness (QED) is 0.431. The van der Waals surface area contributed by atoms with Gasteiger partial charge in [-0.3, -0.25) is 15.0 Å². The topological polar surface area (TPSA) is 140 Å². The number of anilines is 3. The maximum absolute atomic E-state index is 13.2. The van der Waals surface area contributed by atoms with E-state index in [1.54, 1.807) is 17.0 Å². The van der Waals surface area contributed by atoms with E-state index >= 15 is 0 Å². The maximum Gasteiger partial charge on any atom is 0.327 e. The fourth-order valence-corrected chi connectivity index (χ4v) is 3.97. The third kappa shape index (κ3) is 5.74. The number of alkyl halides is 2. The van der Waals surface area contributed by atoms with Crippen molar-refractivity contribution in [2.45, 2.75) is 31.4 Å². The number of carbonyl (C=O) groups excluding carboxylic acids is 2. The van der Waals surface area contributed by atoms with Crippen molar-refractivity contribution >= 4 is 29.1 Å². The Morgan fingerprint density at radius 1 is 1.29 bits per heavy atom. The molecule has 2 aliphatic heterocycles. The van der Waals surface area contributed by atoms with E-state index < -0.39 is 37.1 Å². The van der Waals surface area contributed by atoms with Crippen LogP contribution in [0.2, 0.25) is 0 Å². The zero-order chi connectivity index (χ0) is 25.2. The molecule has 1 saturated heterocycles. The van der Waals surface area contributed by atoms with Crippen LogP contribution in [0.4, 0.5) is 30.8 Å². The number of halogens is 2. The van der Waals surface area contributed by atoms with Crippen molar-refractivity contribution < 1.29 is 33.3 Å². The number of benzene rings is 1. The molecule has 11 nitrogen and oxygen atoms in total. The minimum atomic E-state index is -3.04. The lowest BCUT2D eigenvalue weighted by molar-refractivity contribution is 0.0221. The van der Waals surface area contributed by atoms with E-state index in [0.717, 1.165) is 25.6 Å². The van der Waals surface area contributed by atoms with Crippen LogP contribution < -0.4 is 25.2 Å². The Bertz CT molecular complexity index is 1080. The third-order valence-electron chi connectivity index (χ3n) is 5.64. The first-order valence-electron chi connectivity index (χ1n) is 11.0. The predicted octanol–water partition coefficient (Wildman–Crippen LogP) is 1.22. The highest BCUT2D eigenvalue weighted by Gasteiger charge is 2.39. The molecule has 3 heterocycles. The average molecular weight is 492 g/mol. The van der Waals surface area contributed by atoms with Gasteiger partial charge in [0, 0.05) is 25.6 Å². The van der Waals surface area contributed by atoms with Crippen molar-refractivity contribution in [3.05, 3.63) is 36.2 Å². The van der Waals surface area contributed by atoms with Gasteiger partial charge < -0.3 is 25.2 Å². The van der Waals surface area contributed by atoms with Crippen molar-refractivity contribution in [3.8, 4) is 5.88 Å². The van der Waals surface area contributed by atoms with E-state index in [4.69, 9.17) is 9.84 Å². The number of ether oxygens (including phenoxy) is 1. The van der Waals surface area contributed by atoms with Crippen molar-refractivity contribution in [2.24, 2.45) is 0 Å². The summed E-state index contributed by atoms with van der Waals surface area (Å²) in [7, 11) is 0. The second kappa shape index (κ2) is 9.96. The second-order valence-electron chi connectivity index (χ2n) is 8.53. The first-order chi connectivity index (χ1) is 16.6. The zero-order valence-corrected chi connectivity index (χ0v) is 18.9. The van der Waals surface area contributed by atoms with Gasteiger partial charge in [0.25, 0.3) is 11.8 Å². The smallest absolute Gasteiger partial charge is 0.327 e. The third-order valence-corrected chi connectivity index (χ3v) is 5.64. The van der Waals surface area contributed by atoms with Crippen LogP contribution in [-0.4, -0.2) is 83.0 Å². The molecule has 2 aromatic rings. The van der Waals surface area contributed by atoms with Gasteiger partial charge in [-0.1, -0.05) is 0 Å². The fraction of sp³-hybridized carbons (Fsp3) is 0.455. The molecular weight excluding hydrogens is 466 g/mol. The highest BCUT2D eigenvalue weighted by molar-refractivity contribution is 6.06. The number of hydrogen-bond acceptors (Lipinski definition) is 8. The Balaban J connectivity index is 1.50. The maximum atomic E-state index is 13.2. The summed E-state index contributed by atoms with van der Waals surface area (Å²) in [6.45, 7) is 0.675. The SMILES string of the molecule is CC(F)(F)CNC(=O)c1ccc2c(c1)N(C(=O)Nc1cnc(OC[C@H](O)CO)cn1)[C@H]1CCN2C1. The van der Waals surface area contributed by atoms with Crippen molar-refractivity contribution in [3.63, 3.8) is 0 Å². The molecule has 2 atom stereocenters. The van der Waals surface area contributed by atoms with Crippen LogP contribution in [0.1, 0.15) is 23.7 Å². The number of rotatable bonds is 8. The van der Waals surface area contributed by atoms with Crippen LogP contribution in [0, 0.1) is 0 Å². The van der Waals surface area contributed by atoms with E-state index in [1.165, 1.54) is 18.5 Å². The molecule has 2 aliphatic rings. The van der Waals surface area contributed by atoms with Crippen LogP contribution in [0.5, 0.6) is 5.88 Å². The molecular formula is C22H26F2N6O5. The number of nitrogens with zero attached hydrogens (tertiary/aromatic N) is 4. The summed E-state index contributed by atoms with van der Waals surface area (Å²) < 4.78 is 31.5. The van der Waals surface area contributed by atoms with Gasteiger partial charge in [0.05, 0.1) is 43.0 Å². The molecule has 4 N–H and O–H groups in total. The summed E-state index contributed by atoms with van der Waals surface area (Å²) in [6, 6.07) is 4.17. The van der Waals surface area contributed by atoms with Crippen molar-refractivity contribution in [2.75, 3.05) is 48.0 Å². The Morgan fingerprint density at radius 2 is 2.09 bits per heavy atom. The molecule has 1 fully saturated rings. The molecule has 0 saturated carbocycles. The number of hydrogen-bond donors (Lipinski definition) is 4. The van der Waals surface area contributed by atoms with Crippen LogP contribution >= 0.6 is 0 Å². The number of fused-ring (bicyclic) bond motifs is 4. The minimum Gasteiger partial charge on any atom is -0.474 e. The Hall–Kier alpha value is -3.58. The number of nitrogens with one attached hydrogen (secondary N) is 2. The number of aliphatic hydroxyl groups is 2. The first-order valence-corrected chi connectivity index (χ1v) is 11.0. The minimum absolute atomic E-state index is 0.110. The van der Waals surface area contributed by atoms with Crippen LogP contribution in [0.15, 0.2) is 30.6 Å². The van der Waals surface area contributed by atoms with Gasteiger partial charge >= 0.3 is 6.03 Å². The van der Waals surface area contributed by atoms with Crippen molar-refractivity contribution in [1.29, 1.82) is 0 Å². The van der Waals surface area contributed by atoms with Crippen LogP contribution in [0.25, 0.3) is 0 Å². The van der Waals surface area contributed by atoms with Crippen LogP contribution in [-0.2, 0) is 0 Å². The van der Waals surface area contributed by atoms with Gasteiger partial charge in [-0.25, -0.2) is 23.5 Å². The lowest BCUT2D eigenvalue weighted by Gasteiger charge is -2.37. The summed E-state index contributed by atoms with van der Waals surface area (Å²) in [5, 5.41) is 23.1. The van der Waals surface area contributed by atoms with E-state index in [0.29, 0.717) is 12.2 Å². The summed E-state index contributed by atoms with van der Waals surface area (Å²) in [6.07, 6.45) is 2.23. The highest BCUT2D eigenvalue weighted by Crippen LogP contribution is 2.41. The highest BCUT2D eigenvalue weighted by atomic mass is 19.3. The molecule has 0 aliphatic carbocycles. The zero-order valence-electron chi connectivity index (χ0n) is 18.9. The van der Waals surface area contributed by atoms with Crippen LogP contribution in [0.3, 0.4) is 0 Å². The molecule has 188 valence electrons. The summed E-state index contributed by atoms with van der Waals surface area (Å²) in [5.41, 5.74) is 1.43. The standard InChI is InChI=1S/C22H26F2N6O5/c1-22(23,24)12-27-20(33)13-2-3-16-17(6-13)30(14-4-5-29(16)9-14)21(34)28-18-7-26-19(8-25-18)35-11-15(32)10-31/h2-3,6-8,14-15,31-32H,4-5,9-12H2,1H3,(H,27,33)(H,25,28,34)/t14-,15+/m0/s1. The molecule has 0 radical (unpaired) electrons. The van der Waals surface area contributed by atoms with E-state index in [2.05, 4.69) is 25.5 Å². The first kappa shape index (κ1) is 24.5. The average Bonchev–Trinajstić information content (AvgIpc) is 3.25. The van der Waals surface area contributed by atoms with E-state index in [-0.39, 0.29) is 29.9 Å². The van der Waals surface area contributed by atoms with Gasteiger partial charge in [-0.05, 0) is 24.6 Å². The molecule has 35 heavy (non-hydrogen) atoms. The molecule has 0 unspecified atom stereocenters. The predicted molar refractivity (Wildman–Crippen MR) is 122 cm³/mol. The number of urea groups is 1. The number of carbonyl (C=O) groups is 2. The Morgan fingerprint density at radius 3 is 2.77 bits per heavy atom. The number of aromatic nitrogens is 2. The molecule has 1 aromatic carbocycles. The largest absolute Gasteiger partial charge is 0.474 e. The number of aliphatic hydroxyl groups excluding tert-OH is 2. The van der Waals surface area contributed by atoms with E-state index in [9.17, 15) is 23.5 Å². The normalized spacial score (nSPS) is 17.6. The second-order valence-corrected chi connectivity index (χ2v) is 8.53. The van der Waals surface area contributed by atoms with Crippen molar-refractivity contribution in [1.82, 2.24) is 15.3 Å². The summed E-state index contributed by atoms with van der Waals surface area (Å²) in [4.78, 5) is 37.4. The monoisotopic (exact) mass is 492 g/mol. The lowest BCUT2D eigenvalue weighted by Crippen LogP contribution is -2.48. The summed E-state index contributed by atoms with van der Waals surface area (Å²) in [5.74, 6) is -3.43. The Labute approximate surface area is 199 Å². The molecule has 13 heteroatoms. The molecule has 4 rings (SSSR count). The number of amides is 3. The fourth-order valence-electron chi connectivity index (χ4n) is 3.97. The van der Waals surface area contributed by atoms with Gasteiger partial charge in [0.1, 0.15) is 12.7 Å².